The van der Waals surface area contributed by atoms with E-state index in [4.69, 9.17) is 4.74 Å². The number of nitrogens with one attached hydrogen (secondary N) is 1. The topological polar surface area (TPSA) is 85.6 Å². The number of amides is 1. The van der Waals surface area contributed by atoms with Crippen LogP contribution in [0.5, 0.6) is 5.75 Å². The van der Waals surface area contributed by atoms with E-state index in [1.807, 2.05) is 18.2 Å². The van der Waals surface area contributed by atoms with E-state index in [1.54, 1.807) is 55.8 Å². The Labute approximate surface area is 214 Å². The van der Waals surface area contributed by atoms with Crippen molar-refractivity contribution in [1.29, 1.82) is 0 Å². The van der Waals surface area contributed by atoms with Crippen molar-refractivity contribution in [2.24, 2.45) is 5.10 Å². The minimum atomic E-state index is -0.300. The third kappa shape index (κ3) is 5.83. The number of ether oxygens (including phenoxy) is 1. The predicted molar refractivity (Wildman–Crippen MR) is 145 cm³/mol. The van der Waals surface area contributed by atoms with Crippen LogP contribution in [0.1, 0.15) is 31.9 Å². The molecule has 8 heteroatoms. The number of fused-ring (bicyclic) bond motifs is 1. The quantitative estimate of drug-likeness (QED) is 0.168. The van der Waals surface area contributed by atoms with E-state index in [1.165, 1.54) is 21.9 Å². The molecule has 1 N–H and O–H groups in total. The standard InChI is InChI=1S/C28H28N4O3S/c1-28(2,3)20-11-9-19(10-12-20)17-29-31-25(33)18-36-27-30-24-8-6-5-7-23(24)26(34)32(27)21-13-15-22(35-4)16-14-21/h5-17H,18H2,1-4H3,(H,31,33)/b29-17+. The number of hydrazone groups is 1. The van der Waals surface area contributed by atoms with Crippen LogP contribution in [0.2, 0.25) is 0 Å². The van der Waals surface area contributed by atoms with Gasteiger partial charge in [-0.05, 0) is 52.9 Å². The minimum absolute atomic E-state index is 0.0429. The van der Waals surface area contributed by atoms with Gasteiger partial charge in [0.2, 0.25) is 0 Å². The number of benzene rings is 3. The lowest BCUT2D eigenvalue weighted by atomic mass is 9.87. The lowest BCUT2D eigenvalue weighted by molar-refractivity contribution is -0.118. The van der Waals surface area contributed by atoms with E-state index < -0.39 is 0 Å². The molecule has 0 saturated carbocycles. The molecule has 36 heavy (non-hydrogen) atoms. The van der Waals surface area contributed by atoms with Crippen LogP contribution in [0, 0.1) is 0 Å². The SMILES string of the molecule is COc1ccc(-n2c(SCC(=O)N/N=C/c3ccc(C(C)(C)C)cc3)nc3ccccc3c2=O)cc1. The summed E-state index contributed by atoms with van der Waals surface area (Å²) in [7, 11) is 1.59. The summed E-state index contributed by atoms with van der Waals surface area (Å²) >= 11 is 1.17. The van der Waals surface area contributed by atoms with E-state index in [9.17, 15) is 9.59 Å². The number of carbonyl (C=O) groups is 1. The van der Waals surface area contributed by atoms with Gasteiger partial charge >= 0.3 is 0 Å². The zero-order chi connectivity index (χ0) is 25.7. The summed E-state index contributed by atoms with van der Waals surface area (Å²) in [4.78, 5) is 30.5. The lowest BCUT2D eigenvalue weighted by Crippen LogP contribution is -2.24. The summed E-state index contributed by atoms with van der Waals surface area (Å²) in [5.41, 5.74) is 5.75. The fraction of sp³-hybridized carbons (Fsp3) is 0.214. The highest BCUT2D eigenvalue weighted by atomic mass is 32.2. The van der Waals surface area contributed by atoms with Gasteiger partial charge in [-0.25, -0.2) is 10.4 Å². The molecule has 0 atom stereocenters. The van der Waals surface area contributed by atoms with Gasteiger partial charge in [0.25, 0.3) is 11.5 Å². The molecule has 4 aromatic rings. The molecule has 1 amide bonds. The Bertz CT molecular complexity index is 1450. The average Bonchev–Trinajstić information content (AvgIpc) is 2.87. The molecule has 0 aliphatic carbocycles. The minimum Gasteiger partial charge on any atom is -0.497 e. The molecule has 3 aromatic carbocycles. The number of aromatic nitrogens is 2. The Hall–Kier alpha value is -3.91. The van der Waals surface area contributed by atoms with Gasteiger partial charge in [0, 0.05) is 0 Å². The van der Waals surface area contributed by atoms with Crippen LogP contribution in [0.4, 0.5) is 0 Å². The van der Waals surface area contributed by atoms with Crippen LogP contribution in [-0.2, 0) is 10.2 Å². The largest absolute Gasteiger partial charge is 0.497 e. The van der Waals surface area contributed by atoms with Gasteiger partial charge in [-0.2, -0.15) is 5.10 Å². The summed E-state index contributed by atoms with van der Waals surface area (Å²) in [5, 5.41) is 4.99. The summed E-state index contributed by atoms with van der Waals surface area (Å²) in [6, 6.07) is 22.4. The molecule has 0 aliphatic heterocycles. The number of nitrogens with zero attached hydrogens (tertiary/aromatic N) is 3. The molecule has 0 unspecified atom stereocenters. The molecular weight excluding hydrogens is 472 g/mol. The van der Waals surface area contributed by atoms with Crippen LogP contribution in [0.3, 0.4) is 0 Å². The lowest BCUT2D eigenvalue weighted by Gasteiger charge is -2.18. The zero-order valence-electron chi connectivity index (χ0n) is 20.7. The maximum atomic E-state index is 13.3. The van der Waals surface area contributed by atoms with Gasteiger partial charge in [-0.1, -0.05) is 68.9 Å². The number of thioether (sulfide) groups is 1. The second kappa shape index (κ2) is 10.8. The number of rotatable bonds is 7. The number of carbonyl (C=O) groups excluding carboxylic acids is 1. The van der Waals surface area contributed by atoms with Crippen molar-refractivity contribution in [3.05, 3.63) is 94.3 Å². The average molecular weight is 501 g/mol. The first-order valence-corrected chi connectivity index (χ1v) is 12.5. The van der Waals surface area contributed by atoms with Crippen molar-refractivity contribution < 1.29 is 9.53 Å². The molecular formula is C28H28N4O3S. The summed E-state index contributed by atoms with van der Waals surface area (Å²) < 4.78 is 6.74. The fourth-order valence-electron chi connectivity index (χ4n) is 3.58. The van der Waals surface area contributed by atoms with Crippen molar-refractivity contribution in [3.8, 4) is 11.4 Å². The molecule has 7 nitrogen and oxygen atoms in total. The fourth-order valence-corrected chi connectivity index (χ4v) is 4.38. The molecule has 0 bridgehead atoms. The summed E-state index contributed by atoms with van der Waals surface area (Å²) in [5.74, 6) is 0.424. The first-order valence-electron chi connectivity index (χ1n) is 11.5. The van der Waals surface area contributed by atoms with E-state index in [0.717, 1.165) is 5.56 Å². The predicted octanol–water partition coefficient (Wildman–Crippen LogP) is 4.93. The molecule has 1 aromatic heterocycles. The molecule has 1 heterocycles. The smallest absolute Gasteiger partial charge is 0.266 e. The maximum absolute atomic E-state index is 13.3. The van der Waals surface area contributed by atoms with Crippen molar-refractivity contribution in [3.63, 3.8) is 0 Å². The van der Waals surface area contributed by atoms with E-state index in [-0.39, 0.29) is 22.6 Å². The van der Waals surface area contributed by atoms with Gasteiger partial charge in [0.15, 0.2) is 5.16 Å². The monoisotopic (exact) mass is 500 g/mol. The van der Waals surface area contributed by atoms with Crippen molar-refractivity contribution in [2.45, 2.75) is 31.3 Å². The number of para-hydroxylation sites is 1. The van der Waals surface area contributed by atoms with Gasteiger partial charge in [-0.3, -0.25) is 14.2 Å². The van der Waals surface area contributed by atoms with Gasteiger partial charge in [0.05, 0.1) is 35.7 Å². The van der Waals surface area contributed by atoms with Crippen molar-refractivity contribution in [1.82, 2.24) is 15.0 Å². The van der Waals surface area contributed by atoms with Crippen LogP contribution >= 0.6 is 11.8 Å². The van der Waals surface area contributed by atoms with Gasteiger partial charge in [-0.15, -0.1) is 0 Å². The Balaban J connectivity index is 1.50. The highest BCUT2D eigenvalue weighted by molar-refractivity contribution is 7.99. The highest BCUT2D eigenvalue weighted by Gasteiger charge is 2.15. The Morgan fingerprint density at radius 1 is 1.06 bits per heavy atom. The molecule has 0 spiro atoms. The van der Waals surface area contributed by atoms with Crippen LogP contribution in [0.25, 0.3) is 16.6 Å². The van der Waals surface area contributed by atoms with Crippen LogP contribution < -0.4 is 15.7 Å². The van der Waals surface area contributed by atoms with Gasteiger partial charge in [0.1, 0.15) is 5.75 Å². The summed E-state index contributed by atoms with van der Waals surface area (Å²) in [6.45, 7) is 6.48. The van der Waals surface area contributed by atoms with Gasteiger partial charge < -0.3 is 4.74 Å². The molecule has 4 rings (SSSR count). The molecule has 0 radical (unpaired) electrons. The third-order valence-corrected chi connectivity index (χ3v) is 6.53. The maximum Gasteiger partial charge on any atom is 0.266 e. The van der Waals surface area contributed by atoms with Crippen molar-refractivity contribution in [2.75, 3.05) is 12.9 Å². The second-order valence-corrected chi connectivity index (χ2v) is 10.1. The summed E-state index contributed by atoms with van der Waals surface area (Å²) in [6.07, 6.45) is 1.61. The second-order valence-electron chi connectivity index (χ2n) is 9.20. The van der Waals surface area contributed by atoms with Crippen LogP contribution in [0.15, 0.2) is 87.8 Å². The van der Waals surface area contributed by atoms with Crippen LogP contribution in [-0.4, -0.2) is 34.5 Å². The zero-order valence-corrected chi connectivity index (χ0v) is 21.5. The van der Waals surface area contributed by atoms with Crippen molar-refractivity contribution >= 4 is 34.8 Å². The molecule has 0 fully saturated rings. The third-order valence-electron chi connectivity index (χ3n) is 5.59. The van der Waals surface area contributed by atoms with E-state index in [0.29, 0.717) is 27.5 Å². The normalized spacial score (nSPS) is 11.7. The van der Waals surface area contributed by atoms with E-state index in [2.05, 4.69) is 48.4 Å². The number of hydrogen-bond donors (Lipinski definition) is 1. The molecule has 0 saturated heterocycles. The number of hydrogen-bond acceptors (Lipinski definition) is 6. The number of methoxy groups -OCH3 is 1. The Kier molecular flexibility index (Phi) is 7.55. The first-order chi connectivity index (χ1) is 17.3. The Morgan fingerprint density at radius 3 is 2.42 bits per heavy atom. The molecule has 184 valence electrons. The van der Waals surface area contributed by atoms with E-state index >= 15 is 0 Å². The Morgan fingerprint density at radius 2 is 1.75 bits per heavy atom. The first kappa shape index (κ1) is 25.2. The highest BCUT2D eigenvalue weighted by Crippen LogP contribution is 2.23. The molecule has 0 aliphatic rings.